The molecule has 0 aliphatic carbocycles. The van der Waals surface area contributed by atoms with E-state index in [0.29, 0.717) is 12.8 Å². The summed E-state index contributed by atoms with van der Waals surface area (Å²) >= 11 is 0. The highest BCUT2D eigenvalue weighted by Gasteiger charge is 2.03. The van der Waals surface area contributed by atoms with Crippen molar-refractivity contribution < 1.29 is 9.47 Å². The molecule has 14 heavy (non-hydrogen) atoms. The molecule has 3 nitrogen and oxygen atoms in total. The maximum absolute atomic E-state index is 8.50. The van der Waals surface area contributed by atoms with Crippen molar-refractivity contribution in [2.75, 3.05) is 14.2 Å². The van der Waals surface area contributed by atoms with E-state index in [9.17, 15) is 0 Å². The van der Waals surface area contributed by atoms with Gasteiger partial charge in [-0.3, -0.25) is 0 Å². The minimum Gasteiger partial charge on any atom is -0.497 e. The second-order valence-corrected chi connectivity index (χ2v) is 2.84. The van der Waals surface area contributed by atoms with E-state index in [-0.39, 0.29) is 0 Å². The zero-order valence-corrected chi connectivity index (χ0v) is 8.41. The minimum absolute atomic E-state index is 0.490. The predicted octanol–water partition coefficient (Wildman–Crippen LogP) is 2.16. The molecule has 0 spiro atoms. The van der Waals surface area contributed by atoms with Crippen LogP contribution in [-0.4, -0.2) is 14.2 Å². The minimum atomic E-state index is 0.490. The van der Waals surface area contributed by atoms with Crippen molar-refractivity contribution in [1.82, 2.24) is 0 Å². The van der Waals surface area contributed by atoms with Crippen LogP contribution in [0.3, 0.4) is 0 Å². The largest absolute Gasteiger partial charge is 0.497 e. The second-order valence-electron chi connectivity index (χ2n) is 2.84. The number of methoxy groups -OCH3 is 2. The van der Waals surface area contributed by atoms with Crippen LogP contribution in [0.25, 0.3) is 0 Å². The van der Waals surface area contributed by atoms with E-state index < -0.39 is 0 Å². The summed E-state index contributed by atoms with van der Waals surface area (Å²) in [7, 11) is 3.24. The van der Waals surface area contributed by atoms with Crippen LogP contribution in [0.5, 0.6) is 11.5 Å². The van der Waals surface area contributed by atoms with E-state index in [1.54, 1.807) is 14.2 Å². The fourth-order valence-electron chi connectivity index (χ4n) is 1.27. The number of nitriles is 1. The first kappa shape index (κ1) is 10.4. The molecule has 0 atom stereocenters. The third-order valence-corrected chi connectivity index (χ3v) is 1.99. The Labute approximate surface area is 83.9 Å². The second kappa shape index (κ2) is 5.13. The van der Waals surface area contributed by atoms with Crippen molar-refractivity contribution in [3.05, 3.63) is 23.8 Å². The van der Waals surface area contributed by atoms with Gasteiger partial charge >= 0.3 is 0 Å². The quantitative estimate of drug-likeness (QED) is 0.732. The Morgan fingerprint density at radius 1 is 1.29 bits per heavy atom. The summed E-state index contributed by atoms with van der Waals surface area (Å²) in [6.45, 7) is 0. The monoisotopic (exact) mass is 191 g/mol. The van der Waals surface area contributed by atoms with E-state index in [2.05, 4.69) is 6.07 Å². The average molecular weight is 191 g/mol. The Kier molecular flexibility index (Phi) is 3.81. The lowest BCUT2D eigenvalue weighted by Gasteiger charge is -2.08. The molecular weight excluding hydrogens is 178 g/mol. The molecule has 74 valence electrons. The number of aryl methyl sites for hydroxylation is 1. The van der Waals surface area contributed by atoms with Crippen molar-refractivity contribution in [3.8, 4) is 17.6 Å². The number of benzene rings is 1. The molecule has 0 aliphatic rings. The number of nitrogens with zero attached hydrogens (tertiary/aromatic N) is 1. The Hall–Kier alpha value is -1.69. The SMILES string of the molecule is COc1ccc(OC)c(CCC#N)c1. The molecule has 0 saturated carbocycles. The van der Waals surface area contributed by atoms with Gasteiger partial charge in [-0.1, -0.05) is 0 Å². The summed E-state index contributed by atoms with van der Waals surface area (Å²) in [5, 5.41) is 8.50. The zero-order chi connectivity index (χ0) is 10.4. The molecule has 0 unspecified atom stereocenters. The first-order valence-electron chi connectivity index (χ1n) is 4.39. The van der Waals surface area contributed by atoms with E-state index in [0.717, 1.165) is 17.1 Å². The van der Waals surface area contributed by atoms with Gasteiger partial charge in [0.15, 0.2) is 0 Å². The number of hydrogen-bond donors (Lipinski definition) is 0. The van der Waals surface area contributed by atoms with Crippen molar-refractivity contribution in [2.45, 2.75) is 12.8 Å². The highest BCUT2D eigenvalue weighted by molar-refractivity contribution is 5.40. The highest BCUT2D eigenvalue weighted by Crippen LogP contribution is 2.24. The molecule has 0 saturated heterocycles. The Bertz CT molecular complexity index is 342. The van der Waals surface area contributed by atoms with Gasteiger partial charge < -0.3 is 9.47 Å². The van der Waals surface area contributed by atoms with Gasteiger partial charge in [0.25, 0.3) is 0 Å². The van der Waals surface area contributed by atoms with E-state index in [1.165, 1.54) is 0 Å². The molecule has 0 heterocycles. The molecule has 1 rings (SSSR count). The number of hydrogen-bond acceptors (Lipinski definition) is 3. The van der Waals surface area contributed by atoms with Crippen LogP contribution >= 0.6 is 0 Å². The number of ether oxygens (including phenoxy) is 2. The van der Waals surface area contributed by atoms with Gasteiger partial charge in [-0.05, 0) is 30.2 Å². The van der Waals surface area contributed by atoms with Gasteiger partial charge in [-0.25, -0.2) is 0 Å². The van der Waals surface area contributed by atoms with E-state index in [4.69, 9.17) is 14.7 Å². The number of rotatable bonds is 4. The van der Waals surface area contributed by atoms with Crippen LogP contribution in [0.2, 0.25) is 0 Å². The molecule has 0 fully saturated rings. The summed E-state index contributed by atoms with van der Waals surface area (Å²) < 4.78 is 10.3. The first-order chi connectivity index (χ1) is 6.81. The molecule has 1 aromatic rings. The molecule has 0 bridgehead atoms. The lowest BCUT2D eigenvalue weighted by Crippen LogP contribution is -1.93. The third kappa shape index (κ3) is 2.40. The fraction of sp³-hybridized carbons (Fsp3) is 0.364. The normalized spacial score (nSPS) is 9.21. The summed E-state index contributed by atoms with van der Waals surface area (Å²) in [5.41, 5.74) is 1.01. The standard InChI is InChI=1S/C11H13NO2/c1-13-10-5-6-11(14-2)9(8-10)4-3-7-12/h5-6,8H,3-4H2,1-2H3. The topological polar surface area (TPSA) is 42.2 Å². The maximum atomic E-state index is 8.50. The van der Waals surface area contributed by atoms with Crippen LogP contribution in [0.4, 0.5) is 0 Å². The smallest absolute Gasteiger partial charge is 0.122 e. The molecule has 0 aliphatic heterocycles. The van der Waals surface area contributed by atoms with E-state index in [1.807, 2.05) is 18.2 Å². The molecule has 0 N–H and O–H groups in total. The van der Waals surface area contributed by atoms with Gasteiger partial charge in [-0.15, -0.1) is 0 Å². The molecule has 0 aromatic heterocycles. The lowest BCUT2D eigenvalue weighted by molar-refractivity contribution is 0.399. The zero-order valence-electron chi connectivity index (χ0n) is 8.41. The van der Waals surface area contributed by atoms with Crippen molar-refractivity contribution in [1.29, 1.82) is 5.26 Å². The summed E-state index contributed by atoms with van der Waals surface area (Å²) in [4.78, 5) is 0. The lowest BCUT2D eigenvalue weighted by atomic mass is 10.1. The molecule has 0 radical (unpaired) electrons. The molecular formula is C11H13NO2. The van der Waals surface area contributed by atoms with Crippen LogP contribution in [0.1, 0.15) is 12.0 Å². The fourth-order valence-corrected chi connectivity index (χ4v) is 1.27. The van der Waals surface area contributed by atoms with Gasteiger partial charge in [0.2, 0.25) is 0 Å². The van der Waals surface area contributed by atoms with Crippen molar-refractivity contribution >= 4 is 0 Å². The van der Waals surface area contributed by atoms with Crippen LogP contribution < -0.4 is 9.47 Å². The molecule has 1 aromatic carbocycles. The predicted molar refractivity (Wildman–Crippen MR) is 53.5 cm³/mol. The summed E-state index contributed by atoms with van der Waals surface area (Å²) in [6.07, 6.45) is 1.18. The molecule has 3 heteroatoms. The van der Waals surface area contributed by atoms with E-state index >= 15 is 0 Å². The van der Waals surface area contributed by atoms with Crippen LogP contribution in [0, 0.1) is 11.3 Å². The Morgan fingerprint density at radius 3 is 2.64 bits per heavy atom. The summed E-state index contributed by atoms with van der Waals surface area (Å²) in [6, 6.07) is 7.70. The summed E-state index contributed by atoms with van der Waals surface area (Å²) in [5.74, 6) is 1.60. The average Bonchev–Trinajstić information content (AvgIpc) is 2.25. The third-order valence-electron chi connectivity index (χ3n) is 1.99. The molecule has 0 amide bonds. The van der Waals surface area contributed by atoms with Gasteiger partial charge in [0, 0.05) is 6.42 Å². The van der Waals surface area contributed by atoms with Crippen molar-refractivity contribution in [2.24, 2.45) is 0 Å². The Morgan fingerprint density at radius 2 is 2.07 bits per heavy atom. The first-order valence-corrected chi connectivity index (χ1v) is 4.39. The highest BCUT2D eigenvalue weighted by atomic mass is 16.5. The van der Waals surface area contributed by atoms with Gasteiger partial charge in [-0.2, -0.15) is 5.26 Å². The van der Waals surface area contributed by atoms with Crippen LogP contribution in [-0.2, 0) is 6.42 Å². The van der Waals surface area contributed by atoms with Crippen LogP contribution in [0.15, 0.2) is 18.2 Å². The van der Waals surface area contributed by atoms with Crippen molar-refractivity contribution in [3.63, 3.8) is 0 Å². The maximum Gasteiger partial charge on any atom is 0.122 e. The Balaban J connectivity index is 2.91. The van der Waals surface area contributed by atoms with Gasteiger partial charge in [0.1, 0.15) is 11.5 Å². The van der Waals surface area contributed by atoms with Gasteiger partial charge in [0.05, 0.1) is 20.3 Å².